The van der Waals surface area contributed by atoms with Crippen molar-refractivity contribution in [3.63, 3.8) is 0 Å². The number of para-hydroxylation sites is 1. The Hall–Kier alpha value is -8.00. The molecule has 0 amide bonds. The molecule has 0 aliphatic heterocycles. The monoisotopic (exact) mass is 815 g/mol. The molecule has 0 heterocycles. The molecular weight excluding hydrogens is 771 g/mol. The normalized spacial score (nSPS) is 15.1. The van der Waals surface area contributed by atoms with Crippen LogP contribution in [0.5, 0.6) is 0 Å². The van der Waals surface area contributed by atoms with E-state index in [4.69, 9.17) is 0 Å². The van der Waals surface area contributed by atoms with Crippen LogP contribution in [0.25, 0.3) is 44.5 Å². The molecule has 12 rings (SSSR count). The quantitative estimate of drug-likeness (QED) is 0.148. The van der Waals surface area contributed by atoms with Gasteiger partial charge in [0.1, 0.15) is 0 Å². The average molecular weight is 816 g/mol. The molecule has 0 saturated carbocycles. The van der Waals surface area contributed by atoms with Crippen LogP contribution in [0.15, 0.2) is 255 Å². The van der Waals surface area contributed by atoms with Gasteiger partial charge < -0.3 is 4.90 Å². The van der Waals surface area contributed by atoms with Crippen molar-refractivity contribution in [3.05, 3.63) is 294 Å². The zero-order chi connectivity index (χ0) is 42.7. The Morgan fingerprint density at radius 2 is 0.688 bits per heavy atom. The molecule has 64 heavy (non-hydrogen) atoms. The van der Waals surface area contributed by atoms with Crippen molar-refractivity contribution in [2.24, 2.45) is 0 Å². The average Bonchev–Trinajstić information content (AvgIpc) is 3.82. The summed E-state index contributed by atoms with van der Waals surface area (Å²) in [4.78, 5) is 2.51. The van der Waals surface area contributed by atoms with Crippen molar-refractivity contribution < 1.29 is 0 Å². The van der Waals surface area contributed by atoms with Gasteiger partial charge in [0.2, 0.25) is 0 Å². The molecule has 10 aromatic carbocycles. The molecule has 0 bridgehead atoms. The third-order valence-electron chi connectivity index (χ3n) is 14.1. The lowest BCUT2D eigenvalue weighted by atomic mass is 9.67. The first kappa shape index (κ1) is 37.7. The molecule has 302 valence electrons. The van der Waals surface area contributed by atoms with Gasteiger partial charge in [-0.3, -0.25) is 0 Å². The summed E-state index contributed by atoms with van der Waals surface area (Å²) in [6.07, 6.45) is 0. The smallest absolute Gasteiger partial charge is 0.0714 e. The Balaban J connectivity index is 1.12. The highest BCUT2D eigenvalue weighted by Crippen LogP contribution is 2.58. The van der Waals surface area contributed by atoms with Gasteiger partial charge in [0.15, 0.2) is 0 Å². The van der Waals surface area contributed by atoms with Crippen molar-refractivity contribution >= 4 is 17.1 Å². The van der Waals surface area contributed by atoms with Gasteiger partial charge in [-0.15, -0.1) is 0 Å². The van der Waals surface area contributed by atoms with Crippen LogP contribution >= 0.6 is 0 Å². The fourth-order valence-electron chi connectivity index (χ4n) is 11.1. The van der Waals surface area contributed by atoms with E-state index in [9.17, 15) is 0 Å². The number of fused-ring (bicyclic) bond motifs is 6. The van der Waals surface area contributed by atoms with E-state index in [0.717, 1.165) is 22.6 Å². The minimum Gasteiger partial charge on any atom is -0.310 e. The Labute approximate surface area is 376 Å². The van der Waals surface area contributed by atoms with Crippen LogP contribution in [0.2, 0.25) is 0 Å². The van der Waals surface area contributed by atoms with E-state index in [1.165, 1.54) is 77.9 Å². The molecule has 0 spiro atoms. The van der Waals surface area contributed by atoms with Gasteiger partial charge in [0.05, 0.1) is 11.1 Å². The largest absolute Gasteiger partial charge is 0.310 e. The maximum absolute atomic E-state index is 2.51. The third kappa shape index (κ3) is 5.71. The predicted octanol–water partition coefficient (Wildman–Crippen LogP) is 16.2. The van der Waals surface area contributed by atoms with Gasteiger partial charge in [0, 0.05) is 22.4 Å². The summed E-state index contributed by atoms with van der Waals surface area (Å²) in [5, 5.41) is 0. The van der Waals surface area contributed by atoms with Gasteiger partial charge in [-0.2, -0.15) is 0 Å². The maximum Gasteiger partial charge on any atom is 0.0714 e. The van der Waals surface area contributed by atoms with Crippen molar-refractivity contribution in [3.8, 4) is 44.5 Å². The van der Waals surface area contributed by atoms with E-state index >= 15 is 0 Å². The summed E-state index contributed by atoms with van der Waals surface area (Å²) in [6.45, 7) is 2.41. The van der Waals surface area contributed by atoms with Crippen LogP contribution in [0.4, 0.5) is 17.1 Å². The van der Waals surface area contributed by atoms with Gasteiger partial charge in [-0.1, -0.05) is 224 Å². The van der Waals surface area contributed by atoms with E-state index in [1.807, 2.05) is 0 Å². The van der Waals surface area contributed by atoms with Crippen molar-refractivity contribution in [2.75, 3.05) is 4.90 Å². The number of hydrogen-bond acceptors (Lipinski definition) is 1. The van der Waals surface area contributed by atoms with E-state index in [2.05, 4.69) is 267 Å². The van der Waals surface area contributed by atoms with Gasteiger partial charge >= 0.3 is 0 Å². The minimum absolute atomic E-state index is 0.350. The van der Waals surface area contributed by atoms with E-state index < -0.39 is 5.41 Å². The lowest BCUT2D eigenvalue weighted by Gasteiger charge is -2.35. The first-order valence-electron chi connectivity index (χ1n) is 22.3. The number of anilines is 3. The Morgan fingerprint density at radius 1 is 0.281 bits per heavy atom. The fraction of sp³-hybridized carbons (Fsp3) is 0.0476. The summed E-state index contributed by atoms with van der Waals surface area (Å²) in [6, 6.07) is 94.2. The number of nitrogens with zero attached hydrogens (tertiary/aromatic N) is 1. The van der Waals surface area contributed by atoms with Crippen molar-refractivity contribution in [1.29, 1.82) is 0 Å². The van der Waals surface area contributed by atoms with Crippen LogP contribution in [0.3, 0.4) is 0 Å². The lowest BCUT2D eigenvalue weighted by Crippen LogP contribution is -2.28. The maximum atomic E-state index is 2.51. The molecule has 2 aliphatic carbocycles. The van der Waals surface area contributed by atoms with Crippen LogP contribution in [-0.2, 0) is 10.8 Å². The molecule has 1 heteroatoms. The van der Waals surface area contributed by atoms with Crippen molar-refractivity contribution in [2.45, 2.75) is 17.8 Å². The second kappa shape index (κ2) is 15.1. The summed E-state index contributed by atoms with van der Waals surface area (Å²) >= 11 is 0. The van der Waals surface area contributed by atoms with Gasteiger partial charge in [-0.25, -0.2) is 0 Å². The Bertz CT molecular complexity index is 3280. The van der Waals surface area contributed by atoms with Crippen LogP contribution in [0.1, 0.15) is 45.9 Å². The lowest BCUT2D eigenvalue weighted by molar-refractivity contribution is 0.714. The molecule has 0 fully saturated rings. The fourth-order valence-corrected chi connectivity index (χ4v) is 11.1. The Kier molecular flexibility index (Phi) is 8.91. The number of hydrogen-bond donors (Lipinski definition) is 0. The van der Waals surface area contributed by atoms with Crippen LogP contribution < -0.4 is 4.90 Å². The van der Waals surface area contributed by atoms with E-state index in [-0.39, 0.29) is 5.41 Å². The second-order valence-electron chi connectivity index (χ2n) is 17.3. The van der Waals surface area contributed by atoms with Crippen LogP contribution in [-0.4, -0.2) is 0 Å². The molecule has 1 unspecified atom stereocenters. The molecule has 0 N–H and O–H groups in total. The molecular formula is C63H45N. The van der Waals surface area contributed by atoms with Crippen LogP contribution in [0, 0.1) is 0 Å². The standard InChI is InChI=1S/C63H45N/c1-62(47-22-8-3-9-23-47)57-31-17-14-29-53(57)55-40-38-50(42-59(55)62)64(61-33-19-16-28-52(61)46-36-34-45(35-37-46)44-20-6-2-7-21-44)51-39-41-56-54-30-15-18-32-58(54)63(60(56)43-51,48-24-10-4-11-25-48)49-26-12-5-13-27-49/h2-43H,1H3. The van der Waals surface area contributed by atoms with E-state index in [0.29, 0.717) is 0 Å². The molecule has 2 aliphatic rings. The van der Waals surface area contributed by atoms with Crippen molar-refractivity contribution in [1.82, 2.24) is 0 Å². The van der Waals surface area contributed by atoms with Gasteiger partial charge in [0.25, 0.3) is 0 Å². The highest BCUT2D eigenvalue weighted by Gasteiger charge is 2.46. The molecule has 0 saturated heterocycles. The molecule has 0 aromatic heterocycles. The molecule has 1 nitrogen and oxygen atoms in total. The molecule has 1 atom stereocenters. The first-order chi connectivity index (χ1) is 31.6. The Morgan fingerprint density at radius 3 is 1.30 bits per heavy atom. The highest BCUT2D eigenvalue weighted by molar-refractivity contribution is 5.94. The minimum atomic E-state index is -0.533. The SMILES string of the molecule is CC1(c2ccccc2)c2ccccc2-c2ccc(N(c3ccc4c(c3)C(c3ccccc3)(c3ccccc3)c3ccccc3-4)c3ccccc3-c3ccc(-c4ccccc4)cc3)cc21. The van der Waals surface area contributed by atoms with Gasteiger partial charge in [-0.05, 0) is 115 Å². The zero-order valence-corrected chi connectivity index (χ0v) is 35.7. The zero-order valence-electron chi connectivity index (χ0n) is 35.7. The van der Waals surface area contributed by atoms with E-state index in [1.54, 1.807) is 0 Å². The topological polar surface area (TPSA) is 3.24 Å². The highest BCUT2D eigenvalue weighted by atomic mass is 15.1. The summed E-state index contributed by atoms with van der Waals surface area (Å²) in [5.74, 6) is 0. The molecule has 0 radical (unpaired) electrons. The number of rotatable bonds is 8. The predicted molar refractivity (Wildman–Crippen MR) is 267 cm³/mol. The third-order valence-corrected chi connectivity index (χ3v) is 14.1. The summed E-state index contributed by atoms with van der Waals surface area (Å²) in [7, 11) is 0. The first-order valence-corrected chi connectivity index (χ1v) is 22.3. The summed E-state index contributed by atoms with van der Waals surface area (Å²) in [5.41, 5.74) is 21.3. The summed E-state index contributed by atoms with van der Waals surface area (Å²) < 4.78 is 0. The number of benzene rings is 10. The second-order valence-corrected chi connectivity index (χ2v) is 17.3. The molecule has 10 aromatic rings.